The van der Waals surface area contributed by atoms with Crippen molar-refractivity contribution in [3.63, 3.8) is 0 Å². The van der Waals surface area contributed by atoms with Crippen LogP contribution in [0.2, 0.25) is 0 Å². The number of nitrogens with zero attached hydrogens (tertiary/aromatic N) is 5. The number of benzene rings is 1. The van der Waals surface area contributed by atoms with Gasteiger partial charge in [-0.15, -0.1) is 0 Å². The summed E-state index contributed by atoms with van der Waals surface area (Å²) in [4.78, 5) is 22.1. The van der Waals surface area contributed by atoms with Crippen LogP contribution in [0.15, 0.2) is 18.2 Å². The summed E-state index contributed by atoms with van der Waals surface area (Å²) >= 11 is 1.69. The molecule has 2 aromatic heterocycles. The minimum Gasteiger partial charge on any atom is -0.494 e. The predicted molar refractivity (Wildman–Crippen MR) is 116 cm³/mol. The number of amides is 1. The van der Waals surface area contributed by atoms with E-state index < -0.39 is 0 Å². The lowest BCUT2D eigenvalue weighted by Gasteiger charge is -2.34. The molecule has 1 aromatic carbocycles. The van der Waals surface area contributed by atoms with E-state index in [1.807, 2.05) is 42.5 Å². The Morgan fingerprint density at radius 2 is 1.90 bits per heavy atom. The number of hydrogen-bond acceptors (Lipinski definition) is 6. The number of aryl methyl sites for hydroxylation is 2. The van der Waals surface area contributed by atoms with Crippen LogP contribution < -0.4 is 9.64 Å². The van der Waals surface area contributed by atoms with E-state index in [4.69, 9.17) is 9.72 Å². The van der Waals surface area contributed by atoms with E-state index in [1.54, 1.807) is 18.4 Å². The normalized spacial score (nSPS) is 14.8. The summed E-state index contributed by atoms with van der Waals surface area (Å²) in [6.07, 6.45) is 0. The second-order valence-corrected chi connectivity index (χ2v) is 8.72. The number of ether oxygens (including phenoxy) is 1. The van der Waals surface area contributed by atoms with Gasteiger partial charge in [0.1, 0.15) is 17.0 Å². The van der Waals surface area contributed by atoms with Crippen molar-refractivity contribution in [1.82, 2.24) is 19.7 Å². The number of thiazole rings is 1. The molecule has 0 radical (unpaired) electrons. The van der Waals surface area contributed by atoms with Gasteiger partial charge in [-0.25, -0.2) is 4.98 Å². The first-order chi connectivity index (χ1) is 13.9. The van der Waals surface area contributed by atoms with Crippen LogP contribution in [-0.4, -0.2) is 58.9 Å². The summed E-state index contributed by atoms with van der Waals surface area (Å²) < 4.78 is 8.46. The van der Waals surface area contributed by atoms with Crippen molar-refractivity contribution in [3.05, 3.63) is 35.2 Å². The first kappa shape index (κ1) is 19.7. The molecule has 1 aliphatic heterocycles. The smallest absolute Gasteiger partial charge is 0.272 e. The summed E-state index contributed by atoms with van der Waals surface area (Å²) in [6.45, 7) is 11.0. The standard InChI is InChI=1S/C21H27N5O2S/c1-13(2)26-16(12-15(4)23-26)20(27)24-8-10-25(11-9-24)21-22-18-17(28-5)7-6-14(3)19(18)29-21/h6-7,12-13H,8-11H2,1-5H3. The van der Waals surface area contributed by atoms with Gasteiger partial charge in [0.25, 0.3) is 5.91 Å². The van der Waals surface area contributed by atoms with Gasteiger partial charge in [-0.05, 0) is 45.4 Å². The molecule has 0 aliphatic carbocycles. The van der Waals surface area contributed by atoms with Crippen molar-refractivity contribution >= 4 is 32.6 Å². The van der Waals surface area contributed by atoms with Crippen molar-refractivity contribution in [2.75, 3.05) is 38.2 Å². The fourth-order valence-corrected chi connectivity index (χ4v) is 4.83. The fourth-order valence-electron chi connectivity index (χ4n) is 3.73. The molecular weight excluding hydrogens is 386 g/mol. The topological polar surface area (TPSA) is 63.5 Å². The average molecular weight is 414 g/mol. The Morgan fingerprint density at radius 1 is 1.17 bits per heavy atom. The van der Waals surface area contributed by atoms with Crippen molar-refractivity contribution < 1.29 is 9.53 Å². The Balaban J connectivity index is 1.51. The minimum absolute atomic E-state index is 0.0563. The van der Waals surface area contributed by atoms with Gasteiger partial charge in [0.05, 0.1) is 17.5 Å². The van der Waals surface area contributed by atoms with E-state index in [0.717, 1.165) is 39.9 Å². The van der Waals surface area contributed by atoms with Gasteiger partial charge < -0.3 is 14.5 Å². The number of methoxy groups -OCH3 is 1. The van der Waals surface area contributed by atoms with Crippen LogP contribution in [0.4, 0.5) is 5.13 Å². The summed E-state index contributed by atoms with van der Waals surface area (Å²) in [5.74, 6) is 0.861. The molecule has 0 unspecified atom stereocenters. The molecule has 29 heavy (non-hydrogen) atoms. The molecule has 4 rings (SSSR count). The van der Waals surface area contributed by atoms with Crippen LogP contribution in [0.25, 0.3) is 10.2 Å². The van der Waals surface area contributed by atoms with Gasteiger partial charge in [-0.2, -0.15) is 5.10 Å². The number of hydrogen-bond donors (Lipinski definition) is 0. The predicted octanol–water partition coefficient (Wildman–Crippen LogP) is 3.66. The van der Waals surface area contributed by atoms with Crippen LogP contribution in [0.5, 0.6) is 5.75 Å². The Morgan fingerprint density at radius 3 is 2.55 bits per heavy atom. The molecule has 0 atom stereocenters. The van der Waals surface area contributed by atoms with Gasteiger partial charge >= 0.3 is 0 Å². The molecule has 1 amide bonds. The van der Waals surface area contributed by atoms with E-state index in [2.05, 4.69) is 23.0 Å². The number of carbonyl (C=O) groups is 1. The molecule has 0 saturated carbocycles. The van der Waals surface area contributed by atoms with E-state index in [-0.39, 0.29) is 11.9 Å². The highest BCUT2D eigenvalue weighted by Crippen LogP contribution is 2.36. The average Bonchev–Trinajstić information content (AvgIpc) is 3.33. The maximum Gasteiger partial charge on any atom is 0.272 e. The molecular formula is C21H27N5O2S. The van der Waals surface area contributed by atoms with Crippen molar-refractivity contribution in [2.45, 2.75) is 33.7 Å². The SMILES string of the molecule is COc1ccc(C)c2sc(N3CCN(C(=O)c4cc(C)nn4C(C)C)CC3)nc12. The molecule has 154 valence electrons. The molecule has 3 heterocycles. The summed E-state index contributed by atoms with van der Waals surface area (Å²) in [6, 6.07) is 6.08. The van der Waals surface area contributed by atoms with Gasteiger partial charge in [0, 0.05) is 32.2 Å². The number of rotatable bonds is 4. The van der Waals surface area contributed by atoms with Crippen molar-refractivity contribution in [1.29, 1.82) is 0 Å². The highest BCUT2D eigenvalue weighted by molar-refractivity contribution is 7.22. The maximum absolute atomic E-state index is 13.1. The zero-order valence-corrected chi connectivity index (χ0v) is 18.4. The summed E-state index contributed by atoms with van der Waals surface area (Å²) in [5, 5.41) is 5.46. The molecule has 0 N–H and O–H groups in total. The molecule has 0 spiro atoms. The van der Waals surface area contributed by atoms with Crippen LogP contribution in [0.3, 0.4) is 0 Å². The maximum atomic E-state index is 13.1. The first-order valence-corrected chi connectivity index (χ1v) is 10.7. The van der Waals surface area contributed by atoms with Crippen LogP contribution >= 0.6 is 11.3 Å². The van der Waals surface area contributed by atoms with Crippen molar-refractivity contribution in [2.24, 2.45) is 0 Å². The van der Waals surface area contributed by atoms with Gasteiger partial charge in [0.15, 0.2) is 5.13 Å². The molecule has 7 nitrogen and oxygen atoms in total. The number of anilines is 1. The van der Waals surface area contributed by atoms with E-state index >= 15 is 0 Å². The Labute approximate surface area is 174 Å². The summed E-state index contributed by atoms with van der Waals surface area (Å²) in [7, 11) is 1.68. The Bertz CT molecular complexity index is 1050. The third-order valence-electron chi connectivity index (χ3n) is 5.32. The van der Waals surface area contributed by atoms with Gasteiger partial charge in [-0.3, -0.25) is 9.48 Å². The minimum atomic E-state index is 0.0563. The molecule has 1 fully saturated rings. The highest BCUT2D eigenvalue weighted by atomic mass is 32.1. The zero-order valence-electron chi connectivity index (χ0n) is 17.6. The second kappa shape index (κ2) is 7.67. The van der Waals surface area contributed by atoms with E-state index in [1.165, 1.54) is 5.56 Å². The lowest BCUT2D eigenvalue weighted by molar-refractivity contribution is 0.0732. The zero-order chi connectivity index (χ0) is 20.7. The number of aromatic nitrogens is 3. The number of fused-ring (bicyclic) bond motifs is 1. The monoisotopic (exact) mass is 413 g/mol. The third-order valence-corrected chi connectivity index (χ3v) is 6.57. The van der Waals surface area contributed by atoms with Gasteiger partial charge in [0.2, 0.25) is 0 Å². The molecule has 3 aromatic rings. The van der Waals surface area contributed by atoms with E-state index in [9.17, 15) is 4.79 Å². The highest BCUT2D eigenvalue weighted by Gasteiger charge is 2.27. The third kappa shape index (κ3) is 3.57. The first-order valence-electron chi connectivity index (χ1n) is 9.93. The molecule has 8 heteroatoms. The molecule has 1 saturated heterocycles. The largest absolute Gasteiger partial charge is 0.494 e. The quantitative estimate of drug-likeness (QED) is 0.653. The van der Waals surface area contributed by atoms with Crippen LogP contribution in [-0.2, 0) is 0 Å². The second-order valence-electron chi connectivity index (χ2n) is 7.75. The number of piperazine rings is 1. The fraction of sp³-hybridized carbons (Fsp3) is 0.476. The molecule has 1 aliphatic rings. The number of carbonyl (C=O) groups excluding carboxylic acids is 1. The lowest BCUT2D eigenvalue weighted by Crippen LogP contribution is -2.49. The van der Waals surface area contributed by atoms with Gasteiger partial charge in [-0.1, -0.05) is 17.4 Å². The van der Waals surface area contributed by atoms with E-state index in [0.29, 0.717) is 18.8 Å². The van der Waals surface area contributed by atoms with Crippen LogP contribution in [0.1, 0.15) is 41.6 Å². The Hall–Kier alpha value is -2.61. The summed E-state index contributed by atoms with van der Waals surface area (Å²) in [5.41, 5.74) is 3.67. The Kier molecular flexibility index (Phi) is 5.21. The molecule has 0 bridgehead atoms. The van der Waals surface area contributed by atoms with Crippen LogP contribution in [0, 0.1) is 13.8 Å². The lowest BCUT2D eigenvalue weighted by atomic mass is 10.2. The van der Waals surface area contributed by atoms with Crippen molar-refractivity contribution in [3.8, 4) is 5.75 Å².